The highest BCUT2D eigenvalue weighted by Crippen LogP contribution is 2.29. The molecule has 7 nitrogen and oxygen atoms in total. The molecule has 1 amide bonds. The van der Waals surface area contributed by atoms with Crippen LogP contribution in [0.4, 0.5) is 8.78 Å². The summed E-state index contributed by atoms with van der Waals surface area (Å²) >= 11 is 0. The van der Waals surface area contributed by atoms with Crippen LogP contribution >= 0.6 is 0 Å². The number of halogens is 2. The van der Waals surface area contributed by atoms with E-state index in [1.165, 1.54) is 12.3 Å². The molecule has 9 heteroatoms. The van der Waals surface area contributed by atoms with Gasteiger partial charge >= 0.3 is 0 Å². The lowest BCUT2D eigenvalue weighted by Crippen LogP contribution is -2.23. The number of benzene rings is 2. The van der Waals surface area contributed by atoms with Crippen molar-refractivity contribution in [3.8, 4) is 22.8 Å². The largest absolute Gasteiger partial charge is 0.490 e. The third-order valence-corrected chi connectivity index (χ3v) is 5.10. The molecule has 0 aliphatic rings. The number of hydrogen-bond donors (Lipinski definition) is 1. The average molecular weight is 466 g/mol. The van der Waals surface area contributed by atoms with Gasteiger partial charge in [0.05, 0.1) is 25.1 Å². The summed E-state index contributed by atoms with van der Waals surface area (Å²) in [5.41, 5.74) is 1.63. The molecule has 0 bridgehead atoms. The maximum absolute atomic E-state index is 13.7. The van der Waals surface area contributed by atoms with Gasteiger partial charge in [0.25, 0.3) is 12.3 Å². The Morgan fingerprint density at radius 2 is 1.76 bits per heavy atom. The minimum atomic E-state index is -2.79. The molecule has 34 heavy (non-hydrogen) atoms. The van der Waals surface area contributed by atoms with Gasteiger partial charge in [0.15, 0.2) is 17.1 Å². The standard InChI is InChI=1S/C25H24F2N4O3/c1-3-33-21-11-10-16(12-22(21)34-4-2)14-28-25(32)18-15-29-31-20(23(26)27)13-19(30-24(18)31)17-8-6-5-7-9-17/h5-13,15,23H,3-4,14H2,1-2H3,(H,28,32). The molecule has 0 unspecified atom stereocenters. The number of fused-ring (bicyclic) bond motifs is 1. The summed E-state index contributed by atoms with van der Waals surface area (Å²) in [6.45, 7) is 4.93. The molecule has 0 radical (unpaired) electrons. The maximum atomic E-state index is 13.7. The van der Waals surface area contributed by atoms with Crippen LogP contribution in [0.3, 0.4) is 0 Å². The van der Waals surface area contributed by atoms with E-state index in [2.05, 4.69) is 15.4 Å². The van der Waals surface area contributed by atoms with E-state index in [-0.39, 0.29) is 23.4 Å². The van der Waals surface area contributed by atoms with E-state index in [0.29, 0.717) is 36.0 Å². The van der Waals surface area contributed by atoms with Crippen LogP contribution in [0, 0.1) is 0 Å². The number of carbonyl (C=O) groups is 1. The molecule has 2 aromatic heterocycles. The van der Waals surface area contributed by atoms with Gasteiger partial charge in [-0.2, -0.15) is 5.10 Å². The number of nitrogens with one attached hydrogen (secondary N) is 1. The van der Waals surface area contributed by atoms with Gasteiger partial charge in [-0.25, -0.2) is 18.3 Å². The molecule has 0 spiro atoms. The Balaban J connectivity index is 1.62. The van der Waals surface area contributed by atoms with Crippen molar-refractivity contribution in [3.63, 3.8) is 0 Å². The number of amides is 1. The Kier molecular flexibility index (Phi) is 7.01. The summed E-state index contributed by atoms with van der Waals surface area (Å²) in [5.74, 6) is 0.738. The zero-order valence-electron chi connectivity index (χ0n) is 18.8. The molecular weight excluding hydrogens is 442 g/mol. The minimum Gasteiger partial charge on any atom is -0.490 e. The first-order valence-electron chi connectivity index (χ1n) is 10.9. The highest BCUT2D eigenvalue weighted by Gasteiger charge is 2.21. The third kappa shape index (κ3) is 4.83. The Morgan fingerprint density at radius 3 is 2.47 bits per heavy atom. The molecule has 2 heterocycles. The molecule has 0 atom stereocenters. The van der Waals surface area contributed by atoms with Gasteiger partial charge in [0, 0.05) is 12.1 Å². The summed E-state index contributed by atoms with van der Waals surface area (Å²) in [5, 5.41) is 6.80. The lowest BCUT2D eigenvalue weighted by molar-refractivity contribution is 0.0952. The predicted molar refractivity (Wildman–Crippen MR) is 123 cm³/mol. The number of ether oxygens (including phenoxy) is 2. The molecule has 4 aromatic rings. The second-order valence-corrected chi connectivity index (χ2v) is 7.36. The first-order chi connectivity index (χ1) is 16.5. The molecular formula is C25H24F2N4O3. The second kappa shape index (κ2) is 10.3. The van der Waals surface area contributed by atoms with Crippen molar-refractivity contribution in [2.75, 3.05) is 13.2 Å². The van der Waals surface area contributed by atoms with Gasteiger partial charge in [0.2, 0.25) is 0 Å². The van der Waals surface area contributed by atoms with Crippen LogP contribution in [0.5, 0.6) is 11.5 Å². The van der Waals surface area contributed by atoms with Gasteiger partial charge < -0.3 is 14.8 Å². The fraction of sp³-hybridized carbons (Fsp3) is 0.240. The fourth-order valence-corrected chi connectivity index (χ4v) is 3.54. The molecule has 0 saturated heterocycles. The van der Waals surface area contributed by atoms with Crippen molar-refractivity contribution in [3.05, 3.63) is 77.6 Å². The summed E-state index contributed by atoms with van der Waals surface area (Å²) in [6, 6.07) is 15.6. The average Bonchev–Trinajstić information content (AvgIpc) is 3.28. The molecule has 176 valence electrons. The summed E-state index contributed by atoms with van der Waals surface area (Å²) in [6.07, 6.45) is -1.54. The summed E-state index contributed by atoms with van der Waals surface area (Å²) in [7, 11) is 0. The van der Waals surface area contributed by atoms with Crippen LogP contribution in [0.25, 0.3) is 16.9 Å². The number of nitrogens with zero attached hydrogens (tertiary/aromatic N) is 3. The fourth-order valence-electron chi connectivity index (χ4n) is 3.54. The van der Waals surface area contributed by atoms with E-state index in [4.69, 9.17) is 9.47 Å². The maximum Gasteiger partial charge on any atom is 0.280 e. The van der Waals surface area contributed by atoms with Crippen molar-refractivity contribution in [2.24, 2.45) is 0 Å². The van der Waals surface area contributed by atoms with E-state index < -0.39 is 12.3 Å². The lowest BCUT2D eigenvalue weighted by atomic mass is 10.1. The molecule has 1 N–H and O–H groups in total. The monoisotopic (exact) mass is 466 g/mol. The van der Waals surface area contributed by atoms with Crippen molar-refractivity contribution in [1.29, 1.82) is 0 Å². The normalized spacial score (nSPS) is 11.1. The number of alkyl halides is 2. The van der Waals surface area contributed by atoms with Crippen LogP contribution in [-0.2, 0) is 6.54 Å². The van der Waals surface area contributed by atoms with E-state index in [0.717, 1.165) is 10.1 Å². The quantitative estimate of drug-likeness (QED) is 0.373. The van der Waals surface area contributed by atoms with Gasteiger partial charge in [-0.3, -0.25) is 4.79 Å². The molecule has 4 rings (SSSR count). The topological polar surface area (TPSA) is 77.8 Å². The van der Waals surface area contributed by atoms with E-state index in [1.54, 1.807) is 36.4 Å². The third-order valence-electron chi connectivity index (χ3n) is 5.10. The van der Waals surface area contributed by atoms with Gasteiger partial charge in [0.1, 0.15) is 11.3 Å². The number of aromatic nitrogens is 3. The van der Waals surface area contributed by atoms with Gasteiger partial charge in [-0.05, 0) is 37.6 Å². The van der Waals surface area contributed by atoms with Crippen LogP contribution < -0.4 is 14.8 Å². The van der Waals surface area contributed by atoms with Crippen molar-refractivity contribution >= 4 is 11.6 Å². The molecule has 0 saturated carbocycles. The zero-order valence-corrected chi connectivity index (χ0v) is 18.8. The van der Waals surface area contributed by atoms with E-state index in [1.807, 2.05) is 26.0 Å². The molecule has 2 aromatic carbocycles. The molecule has 0 aliphatic carbocycles. The van der Waals surface area contributed by atoms with Crippen LogP contribution in [0.15, 0.2) is 60.8 Å². The van der Waals surface area contributed by atoms with Crippen molar-refractivity contribution in [1.82, 2.24) is 19.9 Å². The number of rotatable bonds is 9. The predicted octanol–water partition coefficient (Wildman–Crippen LogP) is 5.06. The van der Waals surface area contributed by atoms with Crippen LogP contribution in [0.1, 0.15) is 41.9 Å². The van der Waals surface area contributed by atoms with Crippen molar-refractivity contribution in [2.45, 2.75) is 26.8 Å². The highest BCUT2D eigenvalue weighted by atomic mass is 19.3. The summed E-state index contributed by atoms with van der Waals surface area (Å²) in [4.78, 5) is 17.4. The Hall–Kier alpha value is -4.01. The Bertz CT molecular complexity index is 1290. The summed E-state index contributed by atoms with van der Waals surface area (Å²) < 4.78 is 39.7. The second-order valence-electron chi connectivity index (χ2n) is 7.36. The first kappa shape index (κ1) is 23.2. The highest BCUT2D eigenvalue weighted by molar-refractivity contribution is 5.99. The molecule has 0 fully saturated rings. The zero-order chi connectivity index (χ0) is 24.1. The first-order valence-corrected chi connectivity index (χ1v) is 10.9. The number of hydrogen-bond acceptors (Lipinski definition) is 5. The Labute approximate surface area is 195 Å². The SMILES string of the molecule is CCOc1ccc(CNC(=O)c2cnn3c(C(F)F)cc(-c4ccccc4)nc23)cc1OCC. The molecule has 0 aliphatic heterocycles. The Morgan fingerprint density at radius 1 is 1.03 bits per heavy atom. The van der Waals surface area contributed by atoms with E-state index in [9.17, 15) is 13.6 Å². The van der Waals surface area contributed by atoms with Crippen LogP contribution in [-0.4, -0.2) is 33.7 Å². The number of carbonyl (C=O) groups excluding carboxylic acids is 1. The smallest absolute Gasteiger partial charge is 0.280 e. The van der Waals surface area contributed by atoms with Gasteiger partial charge in [-0.15, -0.1) is 0 Å². The van der Waals surface area contributed by atoms with E-state index >= 15 is 0 Å². The minimum absolute atomic E-state index is 0.0656. The lowest BCUT2D eigenvalue weighted by Gasteiger charge is -2.13. The van der Waals surface area contributed by atoms with Crippen LogP contribution in [0.2, 0.25) is 0 Å². The van der Waals surface area contributed by atoms with Gasteiger partial charge in [-0.1, -0.05) is 36.4 Å². The van der Waals surface area contributed by atoms with Crippen molar-refractivity contribution < 1.29 is 23.0 Å².